The highest BCUT2D eigenvalue weighted by atomic mass is 32.2. The SMILES string of the molecule is OC(CSc1nnc(-c2cccs2)o1)CN1CCN(c2ccccc2)CC1. The van der Waals surface area contributed by atoms with Crippen molar-refractivity contribution in [3.05, 3.63) is 47.8 Å². The summed E-state index contributed by atoms with van der Waals surface area (Å²) in [5.74, 6) is 1.09. The first-order valence-corrected chi connectivity index (χ1v) is 10.8. The number of anilines is 1. The first kappa shape index (κ1) is 18.5. The third-order valence-corrected chi connectivity index (χ3v) is 6.32. The van der Waals surface area contributed by atoms with Gasteiger partial charge in [-0.2, -0.15) is 0 Å². The quantitative estimate of drug-likeness (QED) is 0.609. The highest BCUT2D eigenvalue weighted by molar-refractivity contribution is 7.99. The molecular weight excluding hydrogens is 380 g/mol. The number of hydrogen-bond acceptors (Lipinski definition) is 8. The van der Waals surface area contributed by atoms with Crippen molar-refractivity contribution in [3.8, 4) is 10.8 Å². The van der Waals surface area contributed by atoms with Gasteiger partial charge in [-0.15, -0.1) is 21.5 Å². The fraction of sp³-hybridized carbons (Fsp3) is 0.368. The van der Waals surface area contributed by atoms with E-state index in [0.717, 1.165) is 31.1 Å². The Balaban J connectivity index is 1.21. The van der Waals surface area contributed by atoms with E-state index in [9.17, 15) is 5.11 Å². The van der Waals surface area contributed by atoms with Gasteiger partial charge in [-0.1, -0.05) is 36.0 Å². The molecule has 142 valence electrons. The molecule has 1 aliphatic rings. The molecule has 1 aliphatic heterocycles. The van der Waals surface area contributed by atoms with Crippen molar-refractivity contribution >= 4 is 28.8 Å². The van der Waals surface area contributed by atoms with Crippen LogP contribution in [0.4, 0.5) is 5.69 Å². The number of thiophene rings is 1. The number of aliphatic hydroxyl groups is 1. The van der Waals surface area contributed by atoms with Crippen molar-refractivity contribution in [2.45, 2.75) is 11.3 Å². The summed E-state index contributed by atoms with van der Waals surface area (Å²) in [6.07, 6.45) is -0.421. The number of hydrogen-bond donors (Lipinski definition) is 1. The van der Waals surface area contributed by atoms with Gasteiger partial charge in [0.05, 0.1) is 11.0 Å². The fourth-order valence-electron chi connectivity index (χ4n) is 3.11. The van der Waals surface area contributed by atoms with E-state index in [0.29, 0.717) is 23.4 Å². The number of nitrogens with zero attached hydrogens (tertiary/aromatic N) is 4. The van der Waals surface area contributed by atoms with Crippen LogP contribution in [0, 0.1) is 0 Å². The molecule has 6 nitrogen and oxygen atoms in total. The Morgan fingerprint density at radius 1 is 1.07 bits per heavy atom. The monoisotopic (exact) mass is 402 g/mol. The highest BCUT2D eigenvalue weighted by Crippen LogP contribution is 2.26. The summed E-state index contributed by atoms with van der Waals surface area (Å²) >= 11 is 2.98. The Morgan fingerprint density at radius 3 is 2.63 bits per heavy atom. The topological polar surface area (TPSA) is 65.6 Å². The minimum Gasteiger partial charge on any atom is -0.410 e. The second-order valence-electron chi connectivity index (χ2n) is 6.44. The second kappa shape index (κ2) is 8.88. The van der Waals surface area contributed by atoms with E-state index in [1.807, 2.05) is 23.6 Å². The molecule has 0 aliphatic carbocycles. The van der Waals surface area contributed by atoms with Crippen LogP contribution in [-0.2, 0) is 0 Å². The van der Waals surface area contributed by atoms with Gasteiger partial charge in [0.15, 0.2) is 0 Å². The van der Waals surface area contributed by atoms with Crippen LogP contribution < -0.4 is 4.90 Å². The van der Waals surface area contributed by atoms with Gasteiger partial charge in [0.25, 0.3) is 11.1 Å². The summed E-state index contributed by atoms with van der Waals surface area (Å²) in [6.45, 7) is 4.55. The Hall–Kier alpha value is -1.87. The molecular formula is C19H22N4O2S2. The zero-order valence-corrected chi connectivity index (χ0v) is 16.5. The molecule has 1 saturated heterocycles. The van der Waals surface area contributed by atoms with Crippen LogP contribution in [0.1, 0.15) is 0 Å². The number of β-amino-alcohol motifs (C(OH)–C–C–N with tert-alkyl or cyclic N) is 1. The lowest BCUT2D eigenvalue weighted by atomic mass is 10.2. The average molecular weight is 403 g/mol. The minimum atomic E-state index is -0.421. The molecule has 0 amide bonds. The van der Waals surface area contributed by atoms with Gasteiger partial charge in [0.1, 0.15) is 0 Å². The first-order chi connectivity index (χ1) is 13.3. The number of rotatable bonds is 7. The molecule has 8 heteroatoms. The molecule has 0 saturated carbocycles. The fourth-order valence-corrected chi connectivity index (χ4v) is 4.43. The predicted molar refractivity (Wildman–Crippen MR) is 109 cm³/mol. The van der Waals surface area contributed by atoms with Gasteiger partial charge < -0.3 is 14.4 Å². The smallest absolute Gasteiger partial charge is 0.276 e. The zero-order valence-electron chi connectivity index (χ0n) is 14.9. The lowest BCUT2D eigenvalue weighted by Crippen LogP contribution is -2.48. The van der Waals surface area contributed by atoms with E-state index in [4.69, 9.17) is 4.42 Å². The summed E-state index contributed by atoms with van der Waals surface area (Å²) in [6, 6.07) is 14.4. The Labute approximate surface area is 166 Å². The van der Waals surface area contributed by atoms with Crippen molar-refractivity contribution in [2.24, 2.45) is 0 Å². The summed E-state index contributed by atoms with van der Waals surface area (Å²) in [5.41, 5.74) is 1.27. The molecule has 2 aromatic heterocycles. The number of piperazine rings is 1. The lowest BCUT2D eigenvalue weighted by Gasteiger charge is -2.36. The zero-order chi connectivity index (χ0) is 18.5. The van der Waals surface area contributed by atoms with Crippen LogP contribution in [0.25, 0.3) is 10.8 Å². The molecule has 1 N–H and O–H groups in total. The molecule has 3 heterocycles. The number of benzene rings is 1. The second-order valence-corrected chi connectivity index (χ2v) is 8.36. The Kier molecular flexibility index (Phi) is 6.08. The maximum absolute atomic E-state index is 10.4. The average Bonchev–Trinajstić information content (AvgIpc) is 3.39. The summed E-state index contributed by atoms with van der Waals surface area (Å²) in [4.78, 5) is 5.67. The van der Waals surface area contributed by atoms with Crippen LogP contribution in [0.2, 0.25) is 0 Å². The van der Waals surface area contributed by atoms with Gasteiger partial charge in [-0.05, 0) is 23.6 Å². The van der Waals surface area contributed by atoms with E-state index in [1.165, 1.54) is 17.4 Å². The van der Waals surface area contributed by atoms with E-state index >= 15 is 0 Å². The molecule has 0 spiro atoms. The van der Waals surface area contributed by atoms with E-state index in [-0.39, 0.29) is 0 Å². The molecule has 0 radical (unpaired) electrons. The molecule has 27 heavy (non-hydrogen) atoms. The van der Waals surface area contributed by atoms with Crippen molar-refractivity contribution in [2.75, 3.05) is 43.4 Å². The maximum Gasteiger partial charge on any atom is 0.276 e. The van der Waals surface area contributed by atoms with Crippen molar-refractivity contribution in [3.63, 3.8) is 0 Å². The first-order valence-electron chi connectivity index (χ1n) is 8.98. The summed E-state index contributed by atoms with van der Waals surface area (Å²) in [5, 5.41) is 21.0. The number of aliphatic hydroxyl groups excluding tert-OH is 1. The van der Waals surface area contributed by atoms with E-state index < -0.39 is 6.10 Å². The van der Waals surface area contributed by atoms with Gasteiger partial charge in [0.2, 0.25) is 0 Å². The largest absolute Gasteiger partial charge is 0.410 e. The molecule has 1 aromatic carbocycles. The molecule has 4 rings (SSSR count). The van der Waals surface area contributed by atoms with Crippen molar-refractivity contribution in [1.29, 1.82) is 0 Å². The number of aromatic nitrogens is 2. The van der Waals surface area contributed by atoms with Gasteiger partial charge >= 0.3 is 0 Å². The van der Waals surface area contributed by atoms with Crippen LogP contribution in [-0.4, -0.2) is 64.8 Å². The lowest BCUT2D eigenvalue weighted by molar-refractivity contribution is 0.126. The standard InChI is InChI=1S/C19H22N4O2S2/c24-16(14-27-19-21-20-18(25-19)17-7-4-12-26-17)13-22-8-10-23(11-9-22)15-5-2-1-3-6-15/h1-7,12,16,24H,8-11,13-14H2. The Bertz CT molecular complexity index is 817. The van der Waals surface area contributed by atoms with Crippen molar-refractivity contribution in [1.82, 2.24) is 15.1 Å². The van der Waals surface area contributed by atoms with E-state index in [1.54, 1.807) is 11.3 Å². The normalized spacial score (nSPS) is 16.6. The van der Waals surface area contributed by atoms with Gasteiger partial charge in [-0.3, -0.25) is 4.90 Å². The molecule has 1 unspecified atom stereocenters. The molecule has 1 atom stereocenters. The minimum absolute atomic E-state index is 0.421. The Morgan fingerprint density at radius 2 is 1.89 bits per heavy atom. The summed E-state index contributed by atoms with van der Waals surface area (Å²) in [7, 11) is 0. The third-order valence-electron chi connectivity index (χ3n) is 4.50. The summed E-state index contributed by atoms with van der Waals surface area (Å²) < 4.78 is 5.65. The molecule has 1 fully saturated rings. The predicted octanol–water partition coefficient (Wildman–Crippen LogP) is 3.07. The van der Waals surface area contributed by atoms with Gasteiger partial charge in [-0.25, -0.2) is 0 Å². The molecule has 3 aromatic rings. The van der Waals surface area contributed by atoms with Crippen molar-refractivity contribution < 1.29 is 9.52 Å². The van der Waals surface area contributed by atoms with E-state index in [2.05, 4.69) is 44.3 Å². The van der Waals surface area contributed by atoms with Crippen LogP contribution >= 0.6 is 23.1 Å². The van der Waals surface area contributed by atoms with Gasteiger partial charge in [0, 0.05) is 44.2 Å². The maximum atomic E-state index is 10.4. The number of para-hydroxylation sites is 1. The molecule has 0 bridgehead atoms. The van der Waals surface area contributed by atoms with Crippen LogP contribution in [0.3, 0.4) is 0 Å². The number of thioether (sulfide) groups is 1. The van der Waals surface area contributed by atoms with Crippen LogP contribution in [0.5, 0.6) is 0 Å². The third kappa shape index (κ3) is 4.90. The van der Waals surface area contributed by atoms with Crippen LogP contribution in [0.15, 0.2) is 57.5 Å². The highest BCUT2D eigenvalue weighted by Gasteiger charge is 2.20.